The molecular weight excluding hydrogens is 386 g/mol. The molecule has 152 valence electrons. The molecule has 0 aliphatic carbocycles. The molecule has 4 rings (SSSR count). The number of rotatable bonds is 5. The average molecular weight is 412 g/mol. The van der Waals surface area contributed by atoms with E-state index in [2.05, 4.69) is 20.2 Å². The molecule has 0 spiro atoms. The fourth-order valence-corrected chi connectivity index (χ4v) is 5.30. The number of anilines is 2. The molecule has 2 aromatic carbocycles. The highest BCUT2D eigenvalue weighted by Crippen LogP contribution is 2.27. The van der Waals surface area contributed by atoms with Crippen molar-refractivity contribution in [2.75, 3.05) is 42.9 Å². The monoisotopic (exact) mass is 411 g/mol. The van der Waals surface area contributed by atoms with Gasteiger partial charge in [0.15, 0.2) is 0 Å². The second kappa shape index (κ2) is 7.96. The highest BCUT2D eigenvalue weighted by Gasteiger charge is 2.30. The van der Waals surface area contributed by atoms with Crippen molar-refractivity contribution < 1.29 is 8.42 Å². The van der Waals surface area contributed by atoms with E-state index in [1.807, 2.05) is 50.2 Å². The Morgan fingerprint density at radius 2 is 1.72 bits per heavy atom. The Kier molecular flexibility index (Phi) is 5.38. The van der Waals surface area contributed by atoms with Gasteiger partial charge in [0.1, 0.15) is 5.82 Å². The number of benzene rings is 2. The van der Waals surface area contributed by atoms with Gasteiger partial charge in [-0.3, -0.25) is 0 Å². The number of piperazine rings is 1. The van der Waals surface area contributed by atoms with Crippen LogP contribution in [0.3, 0.4) is 0 Å². The van der Waals surface area contributed by atoms with Gasteiger partial charge in [-0.2, -0.15) is 9.29 Å². The van der Waals surface area contributed by atoms with Gasteiger partial charge in [0.2, 0.25) is 16.0 Å². The third kappa shape index (κ3) is 3.90. The van der Waals surface area contributed by atoms with E-state index in [0.29, 0.717) is 37.0 Å². The first-order valence-electron chi connectivity index (χ1n) is 9.81. The lowest BCUT2D eigenvalue weighted by molar-refractivity contribution is 0.384. The predicted molar refractivity (Wildman–Crippen MR) is 116 cm³/mol. The van der Waals surface area contributed by atoms with Gasteiger partial charge in [0.25, 0.3) is 0 Å². The molecule has 1 fully saturated rings. The van der Waals surface area contributed by atoms with Gasteiger partial charge in [0, 0.05) is 49.9 Å². The molecule has 1 aliphatic rings. The van der Waals surface area contributed by atoms with Crippen molar-refractivity contribution in [2.45, 2.75) is 18.7 Å². The summed E-state index contributed by atoms with van der Waals surface area (Å²) in [5, 5.41) is 4.84. The number of hydrogen-bond acceptors (Lipinski definition) is 6. The van der Waals surface area contributed by atoms with Crippen LogP contribution in [0.25, 0.3) is 10.8 Å². The van der Waals surface area contributed by atoms with Gasteiger partial charge < -0.3 is 10.2 Å². The molecule has 0 bridgehead atoms. The number of sulfonamides is 1. The highest BCUT2D eigenvalue weighted by molar-refractivity contribution is 7.89. The largest absolute Gasteiger partial charge is 0.354 e. The molecule has 0 unspecified atom stereocenters. The average Bonchev–Trinajstić information content (AvgIpc) is 2.73. The number of nitrogens with one attached hydrogen (secondary N) is 1. The van der Waals surface area contributed by atoms with Gasteiger partial charge >= 0.3 is 0 Å². The zero-order valence-electron chi connectivity index (χ0n) is 16.7. The van der Waals surface area contributed by atoms with Crippen molar-refractivity contribution in [2.24, 2.45) is 0 Å². The number of fused-ring (bicyclic) bond motifs is 1. The second-order valence-corrected chi connectivity index (χ2v) is 9.00. The molecule has 1 saturated heterocycles. The maximum atomic E-state index is 13.3. The normalized spacial score (nSPS) is 15.6. The minimum atomic E-state index is -3.56. The molecule has 1 N–H and O–H groups in total. The fraction of sp³-hybridized carbons (Fsp3) is 0.333. The summed E-state index contributed by atoms with van der Waals surface area (Å²) in [5.74, 6) is 1.43. The lowest BCUT2D eigenvalue weighted by atomic mass is 10.1. The summed E-state index contributed by atoms with van der Waals surface area (Å²) in [6.45, 7) is 6.71. The van der Waals surface area contributed by atoms with E-state index in [-0.39, 0.29) is 0 Å². The van der Waals surface area contributed by atoms with E-state index in [1.165, 1.54) is 0 Å². The van der Waals surface area contributed by atoms with E-state index in [1.54, 1.807) is 16.4 Å². The SMILES string of the molecule is CCNc1nc(C)cc(N2CCN(S(=O)(=O)c3cccc4ccccc34)CC2)n1. The van der Waals surface area contributed by atoms with E-state index >= 15 is 0 Å². The van der Waals surface area contributed by atoms with Crippen LogP contribution in [-0.2, 0) is 10.0 Å². The Balaban J connectivity index is 1.55. The first kappa shape index (κ1) is 19.6. The van der Waals surface area contributed by atoms with Crippen molar-refractivity contribution in [1.29, 1.82) is 0 Å². The van der Waals surface area contributed by atoms with Crippen molar-refractivity contribution >= 4 is 32.6 Å². The third-order valence-corrected chi connectivity index (χ3v) is 7.06. The summed E-state index contributed by atoms with van der Waals surface area (Å²) in [7, 11) is -3.56. The topological polar surface area (TPSA) is 78.4 Å². The van der Waals surface area contributed by atoms with Crippen LogP contribution in [0.5, 0.6) is 0 Å². The quantitative estimate of drug-likeness (QED) is 0.696. The van der Waals surface area contributed by atoms with Gasteiger partial charge in [-0.1, -0.05) is 36.4 Å². The number of hydrogen-bond donors (Lipinski definition) is 1. The van der Waals surface area contributed by atoms with Crippen molar-refractivity contribution in [1.82, 2.24) is 14.3 Å². The number of aryl methyl sites for hydroxylation is 1. The smallest absolute Gasteiger partial charge is 0.243 e. The van der Waals surface area contributed by atoms with E-state index < -0.39 is 10.0 Å². The van der Waals surface area contributed by atoms with Crippen LogP contribution in [0.2, 0.25) is 0 Å². The maximum Gasteiger partial charge on any atom is 0.243 e. The zero-order chi connectivity index (χ0) is 20.4. The summed E-state index contributed by atoms with van der Waals surface area (Å²) >= 11 is 0. The van der Waals surface area contributed by atoms with Crippen LogP contribution in [0, 0.1) is 6.92 Å². The molecule has 0 atom stereocenters. The molecule has 8 heteroatoms. The minimum absolute atomic E-state index is 0.372. The van der Waals surface area contributed by atoms with Crippen LogP contribution < -0.4 is 10.2 Å². The Hall–Kier alpha value is -2.71. The number of aromatic nitrogens is 2. The lowest BCUT2D eigenvalue weighted by Gasteiger charge is -2.35. The first-order chi connectivity index (χ1) is 14.0. The van der Waals surface area contributed by atoms with Crippen molar-refractivity contribution in [3.8, 4) is 0 Å². The lowest BCUT2D eigenvalue weighted by Crippen LogP contribution is -2.49. The Bertz CT molecular complexity index is 1120. The molecule has 0 saturated carbocycles. The predicted octanol–water partition coefficient (Wildman–Crippen LogP) is 2.88. The van der Waals surface area contributed by atoms with E-state index in [9.17, 15) is 8.42 Å². The van der Waals surface area contributed by atoms with E-state index in [4.69, 9.17) is 0 Å². The third-order valence-electron chi connectivity index (χ3n) is 5.11. The van der Waals surface area contributed by atoms with Gasteiger partial charge in [-0.15, -0.1) is 0 Å². The van der Waals surface area contributed by atoms with Gasteiger partial charge in [-0.05, 0) is 25.3 Å². The highest BCUT2D eigenvalue weighted by atomic mass is 32.2. The minimum Gasteiger partial charge on any atom is -0.354 e. The molecule has 2 heterocycles. The van der Waals surface area contributed by atoms with E-state index in [0.717, 1.165) is 28.8 Å². The summed E-state index contributed by atoms with van der Waals surface area (Å²) < 4.78 is 28.2. The molecule has 29 heavy (non-hydrogen) atoms. The molecule has 1 aliphatic heterocycles. The van der Waals surface area contributed by atoms with Crippen LogP contribution in [0.4, 0.5) is 11.8 Å². The molecule has 0 radical (unpaired) electrons. The molecule has 0 amide bonds. The Morgan fingerprint density at radius 1 is 1.00 bits per heavy atom. The molecule has 3 aromatic rings. The molecule has 1 aromatic heterocycles. The molecular formula is C21H25N5O2S. The van der Waals surface area contributed by atoms with Crippen LogP contribution in [-0.4, -0.2) is 55.4 Å². The summed E-state index contributed by atoms with van der Waals surface area (Å²) in [5.41, 5.74) is 0.886. The van der Waals surface area contributed by atoms with Crippen LogP contribution in [0.1, 0.15) is 12.6 Å². The Morgan fingerprint density at radius 3 is 2.48 bits per heavy atom. The summed E-state index contributed by atoms with van der Waals surface area (Å²) in [4.78, 5) is 11.4. The summed E-state index contributed by atoms with van der Waals surface area (Å²) in [6.07, 6.45) is 0. The van der Waals surface area contributed by atoms with Crippen molar-refractivity contribution in [3.05, 3.63) is 54.2 Å². The van der Waals surface area contributed by atoms with Crippen LogP contribution >= 0.6 is 0 Å². The second-order valence-electron chi connectivity index (χ2n) is 7.09. The van der Waals surface area contributed by atoms with Gasteiger partial charge in [-0.25, -0.2) is 13.4 Å². The number of nitrogens with zero attached hydrogens (tertiary/aromatic N) is 4. The first-order valence-corrected chi connectivity index (χ1v) is 11.3. The Labute approximate surface area is 171 Å². The maximum absolute atomic E-state index is 13.3. The molecule has 7 nitrogen and oxygen atoms in total. The standard InChI is InChI=1S/C21H25N5O2S/c1-3-22-21-23-16(2)15-20(24-21)25-11-13-26(14-12-25)29(27,28)19-10-6-8-17-7-4-5-9-18(17)19/h4-10,15H,3,11-14H2,1-2H3,(H,22,23,24). The fourth-order valence-electron chi connectivity index (χ4n) is 3.67. The van der Waals surface area contributed by atoms with Gasteiger partial charge in [0.05, 0.1) is 4.90 Å². The summed E-state index contributed by atoms with van der Waals surface area (Å²) in [6, 6.07) is 15.0. The van der Waals surface area contributed by atoms with Crippen molar-refractivity contribution in [3.63, 3.8) is 0 Å². The zero-order valence-corrected chi connectivity index (χ0v) is 17.5. The van der Waals surface area contributed by atoms with Crippen LogP contribution in [0.15, 0.2) is 53.4 Å².